The van der Waals surface area contributed by atoms with Crippen LogP contribution in [-0.2, 0) is 10.2 Å². The maximum Gasteiger partial charge on any atom is 0.122 e. The van der Waals surface area contributed by atoms with Gasteiger partial charge >= 0.3 is 0 Å². The number of aromatic nitrogens is 1. The first-order chi connectivity index (χ1) is 14.3. The lowest BCUT2D eigenvalue weighted by Gasteiger charge is -2.46. The maximum absolute atomic E-state index is 6.40. The van der Waals surface area contributed by atoms with E-state index in [-0.39, 0.29) is 11.0 Å². The van der Waals surface area contributed by atoms with Gasteiger partial charge in [-0.25, -0.2) is 0 Å². The highest BCUT2D eigenvalue weighted by Gasteiger charge is 2.48. The summed E-state index contributed by atoms with van der Waals surface area (Å²) in [6.07, 6.45) is 14.2. The van der Waals surface area contributed by atoms with Crippen LogP contribution in [0.25, 0.3) is 0 Å². The Bertz CT molecular complexity index is 814. The van der Waals surface area contributed by atoms with E-state index >= 15 is 0 Å². The Kier molecular flexibility index (Phi) is 5.34. The number of ether oxygens (including phenoxy) is 2. The van der Waals surface area contributed by atoms with E-state index in [1.807, 2.05) is 12.3 Å². The highest BCUT2D eigenvalue weighted by molar-refractivity contribution is 5.37. The van der Waals surface area contributed by atoms with Crippen molar-refractivity contribution in [3.8, 4) is 5.75 Å². The zero-order valence-corrected chi connectivity index (χ0v) is 17.4. The minimum absolute atomic E-state index is 0.112. The summed E-state index contributed by atoms with van der Waals surface area (Å²) < 4.78 is 12.3. The van der Waals surface area contributed by atoms with Crippen LogP contribution in [0, 0.1) is 0 Å². The minimum Gasteiger partial charge on any atom is -0.493 e. The molecule has 1 saturated heterocycles. The second kappa shape index (κ2) is 8.10. The summed E-state index contributed by atoms with van der Waals surface area (Å²) in [5, 5.41) is 0. The molecule has 2 atom stereocenters. The molecule has 3 heteroatoms. The molecule has 1 aromatic heterocycles. The largest absolute Gasteiger partial charge is 0.493 e. The molecule has 1 saturated carbocycles. The number of hydrogen-bond acceptors (Lipinski definition) is 3. The Morgan fingerprint density at radius 3 is 2.69 bits per heavy atom. The molecule has 3 heterocycles. The number of para-hydroxylation sites is 1. The Morgan fingerprint density at radius 2 is 1.83 bits per heavy atom. The molecule has 1 aliphatic carbocycles. The monoisotopic (exact) mass is 391 g/mol. The predicted octanol–water partition coefficient (Wildman–Crippen LogP) is 6.18. The summed E-state index contributed by atoms with van der Waals surface area (Å²) in [7, 11) is 0. The molecule has 3 nitrogen and oxygen atoms in total. The van der Waals surface area contributed by atoms with Crippen LogP contribution in [0.4, 0.5) is 0 Å². The van der Waals surface area contributed by atoms with Gasteiger partial charge in [0.1, 0.15) is 5.75 Å². The molecule has 29 heavy (non-hydrogen) atoms. The first-order valence-electron chi connectivity index (χ1n) is 11.6. The first kappa shape index (κ1) is 19.1. The third kappa shape index (κ3) is 3.82. The molecular weight excluding hydrogens is 358 g/mol. The minimum atomic E-state index is 0.112. The fraction of sp³-hybridized carbons (Fsp3) is 0.577. The normalized spacial score (nSPS) is 28.1. The van der Waals surface area contributed by atoms with Crippen molar-refractivity contribution in [1.29, 1.82) is 0 Å². The smallest absolute Gasteiger partial charge is 0.122 e. The Labute approximate surface area is 174 Å². The van der Waals surface area contributed by atoms with Gasteiger partial charge in [0, 0.05) is 23.9 Å². The zero-order valence-electron chi connectivity index (χ0n) is 17.4. The van der Waals surface area contributed by atoms with Gasteiger partial charge in [-0.3, -0.25) is 4.98 Å². The fourth-order valence-electron chi connectivity index (χ4n) is 6.20. The van der Waals surface area contributed by atoms with E-state index in [2.05, 4.69) is 36.4 Å². The zero-order chi connectivity index (χ0) is 19.6. The van der Waals surface area contributed by atoms with Crippen LogP contribution >= 0.6 is 0 Å². The maximum atomic E-state index is 6.40. The molecule has 0 bridgehead atoms. The third-order valence-corrected chi connectivity index (χ3v) is 7.66. The van der Waals surface area contributed by atoms with Gasteiger partial charge in [-0.2, -0.15) is 0 Å². The van der Waals surface area contributed by atoms with E-state index in [1.54, 1.807) is 0 Å². The molecule has 1 spiro atoms. The first-order valence-corrected chi connectivity index (χ1v) is 11.6. The van der Waals surface area contributed by atoms with Crippen molar-refractivity contribution in [2.45, 2.75) is 81.1 Å². The summed E-state index contributed by atoms with van der Waals surface area (Å²) in [6.45, 7) is 1.74. The number of hydrogen-bond donors (Lipinski definition) is 0. The molecule has 5 rings (SSSR count). The number of fused-ring (bicyclic) bond motifs is 1. The molecule has 0 radical (unpaired) electrons. The van der Waals surface area contributed by atoms with Crippen LogP contribution in [-0.4, -0.2) is 23.8 Å². The lowest BCUT2D eigenvalue weighted by atomic mass is 9.67. The van der Waals surface area contributed by atoms with Gasteiger partial charge in [0.25, 0.3) is 0 Å². The van der Waals surface area contributed by atoms with Crippen LogP contribution in [0.15, 0.2) is 48.7 Å². The van der Waals surface area contributed by atoms with Gasteiger partial charge in [0.2, 0.25) is 0 Å². The fourth-order valence-corrected chi connectivity index (χ4v) is 6.20. The molecule has 2 fully saturated rings. The number of benzene rings is 1. The van der Waals surface area contributed by atoms with Crippen LogP contribution in [0.1, 0.15) is 81.4 Å². The number of pyridine rings is 1. The third-order valence-electron chi connectivity index (χ3n) is 7.66. The van der Waals surface area contributed by atoms with E-state index in [0.717, 1.165) is 38.2 Å². The lowest BCUT2D eigenvalue weighted by molar-refractivity contribution is -0.105. The summed E-state index contributed by atoms with van der Waals surface area (Å²) >= 11 is 0. The molecule has 154 valence electrons. The summed E-state index contributed by atoms with van der Waals surface area (Å²) in [5.74, 6) is 1.72. The van der Waals surface area contributed by atoms with Crippen LogP contribution < -0.4 is 4.74 Å². The second-order valence-electron chi connectivity index (χ2n) is 9.42. The number of nitrogens with zero attached hydrogens (tertiary/aromatic N) is 1. The van der Waals surface area contributed by atoms with Gasteiger partial charge < -0.3 is 9.47 Å². The summed E-state index contributed by atoms with van der Waals surface area (Å²) in [4.78, 5) is 4.85. The topological polar surface area (TPSA) is 31.4 Å². The standard InChI is InChI=1S/C26H33NO2/c1-2-10-23-22(9-1)21(12-18-28-23)8-7-13-25(24-11-3-6-17-27-24)16-19-29-26(20-25)14-4-5-15-26/h1-3,6,9-11,17,21H,4-5,7-8,12-16,18-20H2/t21-,25-/m1/s1. The molecule has 2 aliphatic heterocycles. The van der Waals surface area contributed by atoms with E-state index in [9.17, 15) is 0 Å². The van der Waals surface area contributed by atoms with Crippen molar-refractivity contribution < 1.29 is 9.47 Å². The second-order valence-corrected chi connectivity index (χ2v) is 9.42. The molecule has 2 aromatic rings. The molecule has 0 unspecified atom stereocenters. The van der Waals surface area contributed by atoms with Crippen LogP contribution in [0.2, 0.25) is 0 Å². The average molecular weight is 392 g/mol. The summed E-state index contributed by atoms with van der Waals surface area (Å²) in [5.41, 5.74) is 2.99. The predicted molar refractivity (Wildman–Crippen MR) is 115 cm³/mol. The molecular formula is C26H33NO2. The van der Waals surface area contributed by atoms with Crippen molar-refractivity contribution in [2.75, 3.05) is 13.2 Å². The van der Waals surface area contributed by atoms with E-state index in [4.69, 9.17) is 14.5 Å². The Hall–Kier alpha value is -1.87. The van der Waals surface area contributed by atoms with Crippen molar-refractivity contribution in [1.82, 2.24) is 4.98 Å². The molecule has 0 amide bonds. The van der Waals surface area contributed by atoms with Crippen molar-refractivity contribution >= 4 is 0 Å². The average Bonchev–Trinajstić information content (AvgIpc) is 3.22. The van der Waals surface area contributed by atoms with E-state index in [1.165, 1.54) is 56.2 Å². The molecule has 0 N–H and O–H groups in total. The highest BCUT2D eigenvalue weighted by Crippen LogP contribution is 2.50. The Morgan fingerprint density at radius 1 is 0.966 bits per heavy atom. The van der Waals surface area contributed by atoms with Crippen molar-refractivity contribution in [3.05, 3.63) is 59.9 Å². The van der Waals surface area contributed by atoms with Gasteiger partial charge in [0.15, 0.2) is 0 Å². The SMILES string of the molecule is c1ccc([C@]2(CCC[C@@H]3CCOc4ccccc43)CCOC3(CCCC3)C2)nc1. The Balaban J connectivity index is 1.34. The molecule has 1 aromatic carbocycles. The van der Waals surface area contributed by atoms with Gasteiger partial charge in [-0.1, -0.05) is 43.5 Å². The molecule has 3 aliphatic rings. The van der Waals surface area contributed by atoms with E-state index in [0.29, 0.717) is 5.92 Å². The quantitative estimate of drug-likeness (QED) is 0.610. The van der Waals surface area contributed by atoms with Gasteiger partial charge in [-0.05, 0) is 74.6 Å². The highest BCUT2D eigenvalue weighted by atomic mass is 16.5. The van der Waals surface area contributed by atoms with Crippen molar-refractivity contribution in [2.24, 2.45) is 0 Å². The summed E-state index contributed by atoms with van der Waals surface area (Å²) in [6, 6.07) is 15.1. The van der Waals surface area contributed by atoms with Crippen LogP contribution in [0.5, 0.6) is 5.75 Å². The van der Waals surface area contributed by atoms with Crippen molar-refractivity contribution in [3.63, 3.8) is 0 Å². The van der Waals surface area contributed by atoms with Gasteiger partial charge in [0.05, 0.1) is 12.2 Å². The van der Waals surface area contributed by atoms with Crippen LogP contribution in [0.3, 0.4) is 0 Å². The lowest BCUT2D eigenvalue weighted by Crippen LogP contribution is -2.46. The van der Waals surface area contributed by atoms with Gasteiger partial charge in [-0.15, -0.1) is 0 Å². The number of rotatable bonds is 5. The van der Waals surface area contributed by atoms with E-state index < -0.39 is 0 Å².